The lowest BCUT2D eigenvalue weighted by atomic mass is 10.0. The van der Waals surface area contributed by atoms with Gasteiger partial charge in [-0.2, -0.15) is 4.72 Å². The Morgan fingerprint density at radius 3 is 2.64 bits per heavy atom. The standard InChI is InChI=1S/C18H21N3O3S/c1-3-4-17(22)21-25(23,24)14-7-5-13(6-8-14)15-9-10-19-18-16(15)11-12(2)20-18/h5-11,17,21-22H,3-4H2,1-2H3,(H,19,20). The van der Waals surface area contributed by atoms with Crippen LogP contribution in [0.4, 0.5) is 0 Å². The molecule has 2 aromatic heterocycles. The van der Waals surface area contributed by atoms with Gasteiger partial charge in [0.1, 0.15) is 11.9 Å². The van der Waals surface area contributed by atoms with Gasteiger partial charge in [0.15, 0.2) is 0 Å². The van der Waals surface area contributed by atoms with Gasteiger partial charge in [-0.25, -0.2) is 13.4 Å². The predicted octanol–water partition coefficient (Wildman–Crippen LogP) is 2.94. The zero-order valence-electron chi connectivity index (χ0n) is 14.2. The van der Waals surface area contributed by atoms with E-state index in [1.165, 1.54) is 0 Å². The maximum atomic E-state index is 12.3. The number of nitrogens with one attached hydrogen (secondary N) is 2. The molecular formula is C18H21N3O3S. The van der Waals surface area contributed by atoms with Crippen LogP contribution in [0.1, 0.15) is 25.5 Å². The molecule has 25 heavy (non-hydrogen) atoms. The number of fused-ring (bicyclic) bond motifs is 1. The Morgan fingerprint density at radius 1 is 1.24 bits per heavy atom. The topological polar surface area (TPSA) is 95.1 Å². The van der Waals surface area contributed by atoms with Crippen LogP contribution in [0.3, 0.4) is 0 Å². The molecule has 0 spiro atoms. The van der Waals surface area contributed by atoms with E-state index in [1.807, 2.05) is 26.0 Å². The van der Waals surface area contributed by atoms with E-state index in [9.17, 15) is 13.5 Å². The van der Waals surface area contributed by atoms with Crippen molar-refractivity contribution in [2.45, 2.75) is 37.8 Å². The van der Waals surface area contributed by atoms with Crippen LogP contribution in [0, 0.1) is 6.92 Å². The third kappa shape index (κ3) is 3.73. The van der Waals surface area contributed by atoms with Crippen molar-refractivity contribution in [1.29, 1.82) is 0 Å². The number of hydrogen-bond donors (Lipinski definition) is 3. The number of aromatic amines is 1. The molecule has 1 atom stereocenters. The average Bonchev–Trinajstić information content (AvgIpc) is 2.94. The molecular weight excluding hydrogens is 338 g/mol. The van der Waals surface area contributed by atoms with Crippen LogP contribution in [0.2, 0.25) is 0 Å². The van der Waals surface area contributed by atoms with Crippen LogP contribution in [-0.4, -0.2) is 29.7 Å². The lowest BCUT2D eigenvalue weighted by Crippen LogP contribution is -2.34. The molecule has 0 fully saturated rings. The van der Waals surface area contributed by atoms with Crippen molar-refractivity contribution in [3.8, 4) is 11.1 Å². The van der Waals surface area contributed by atoms with Crippen molar-refractivity contribution in [2.24, 2.45) is 0 Å². The molecule has 3 aromatic rings. The highest BCUT2D eigenvalue weighted by Crippen LogP contribution is 2.28. The summed E-state index contributed by atoms with van der Waals surface area (Å²) in [5.74, 6) is 0. The molecule has 1 unspecified atom stereocenters. The summed E-state index contributed by atoms with van der Waals surface area (Å²) in [5.41, 5.74) is 3.70. The first-order valence-electron chi connectivity index (χ1n) is 8.16. The highest BCUT2D eigenvalue weighted by Gasteiger charge is 2.18. The van der Waals surface area contributed by atoms with E-state index in [0.29, 0.717) is 12.8 Å². The van der Waals surface area contributed by atoms with Gasteiger partial charge in [0.05, 0.1) is 4.90 Å². The summed E-state index contributed by atoms with van der Waals surface area (Å²) in [7, 11) is -3.74. The van der Waals surface area contributed by atoms with Crippen molar-refractivity contribution in [1.82, 2.24) is 14.7 Å². The van der Waals surface area contributed by atoms with Crippen molar-refractivity contribution in [2.75, 3.05) is 0 Å². The lowest BCUT2D eigenvalue weighted by Gasteiger charge is -2.12. The fourth-order valence-electron chi connectivity index (χ4n) is 2.80. The van der Waals surface area contributed by atoms with Crippen LogP contribution >= 0.6 is 0 Å². The third-order valence-electron chi connectivity index (χ3n) is 4.00. The Labute approximate surface area is 147 Å². The van der Waals surface area contributed by atoms with Crippen molar-refractivity contribution in [3.05, 3.63) is 48.3 Å². The van der Waals surface area contributed by atoms with Crippen molar-refractivity contribution >= 4 is 21.1 Å². The molecule has 0 aliphatic carbocycles. The molecule has 7 heteroatoms. The summed E-state index contributed by atoms with van der Waals surface area (Å²) >= 11 is 0. The zero-order valence-corrected chi connectivity index (χ0v) is 15.0. The average molecular weight is 359 g/mol. The molecule has 0 radical (unpaired) electrons. The number of rotatable bonds is 6. The van der Waals surface area contributed by atoms with Crippen LogP contribution in [0.5, 0.6) is 0 Å². The first kappa shape index (κ1) is 17.6. The van der Waals surface area contributed by atoms with Gasteiger partial charge in [0.2, 0.25) is 10.0 Å². The third-order valence-corrected chi connectivity index (χ3v) is 5.47. The van der Waals surface area contributed by atoms with Crippen LogP contribution in [0.25, 0.3) is 22.2 Å². The Kier molecular flexibility index (Phi) is 4.89. The van der Waals surface area contributed by atoms with Gasteiger partial charge in [0.25, 0.3) is 0 Å². The van der Waals surface area contributed by atoms with E-state index in [-0.39, 0.29) is 4.90 Å². The van der Waals surface area contributed by atoms with Crippen LogP contribution in [0.15, 0.2) is 47.5 Å². The Morgan fingerprint density at radius 2 is 1.96 bits per heavy atom. The first-order chi connectivity index (χ1) is 11.9. The molecule has 0 aliphatic heterocycles. The van der Waals surface area contributed by atoms with Gasteiger partial charge < -0.3 is 10.1 Å². The molecule has 0 saturated carbocycles. The summed E-state index contributed by atoms with van der Waals surface area (Å²) in [5, 5.41) is 10.7. The number of pyridine rings is 1. The molecule has 0 aliphatic rings. The quantitative estimate of drug-likeness (QED) is 0.590. The molecule has 0 saturated heterocycles. The molecule has 3 rings (SSSR count). The molecule has 0 amide bonds. The number of nitrogens with zero attached hydrogens (tertiary/aromatic N) is 1. The summed E-state index contributed by atoms with van der Waals surface area (Å²) in [4.78, 5) is 7.63. The molecule has 2 heterocycles. The Bertz CT molecular complexity index is 978. The minimum absolute atomic E-state index is 0.127. The summed E-state index contributed by atoms with van der Waals surface area (Å²) in [6, 6.07) is 10.5. The van der Waals surface area contributed by atoms with Gasteiger partial charge in [-0.1, -0.05) is 25.5 Å². The van der Waals surface area contributed by atoms with Crippen molar-refractivity contribution in [3.63, 3.8) is 0 Å². The SMILES string of the molecule is CCCC(O)NS(=O)(=O)c1ccc(-c2ccnc3[nH]c(C)cc23)cc1. The number of H-pyrrole nitrogens is 1. The maximum Gasteiger partial charge on any atom is 0.242 e. The molecule has 3 N–H and O–H groups in total. The smallest absolute Gasteiger partial charge is 0.242 e. The second kappa shape index (κ2) is 6.95. The fourth-order valence-corrected chi connectivity index (χ4v) is 3.91. The van der Waals surface area contributed by atoms with E-state index < -0.39 is 16.3 Å². The molecule has 1 aromatic carbocycles. The zero-order chi connectivity index (χ0) is 18.0. The van der Waals surface area contributed by atoms with E-state index >= 15 is 0 Å². The van der Waals surface area contributed by atoms with E-state index in [4.69, 9.17) is 0 Å². The fraction of sp³-hybridized carbons (Fsp3) is 0.278. The van der Waals surface area contributed by atoms with Gasteiger partial charge in [-0.05, 0) is 48.7 Å². The van der Waals surface area contributed by atoms with Gasteiger partial charge in [0, 0.05) is 17.3 Å². The number of hydrogen-bond acceptors (Lipinski definition) is 4. The van der Waals surface area contributed by atoms with Gasteiger partial charge in [-0.15, -0.1) is 0 Å². The van der Waals surface area contributed by atoms with Gasteiger partial charge >= 0.3 is 0 Å². The van der Waals surface area contributed by atoms with E-state index in [2.05, 4.69) is 14.7 Å². The highest BCUT2D eigenvalue weighted by atomic mass is 32.2. The molecule has 6 nitrogen and oxygen atoms in total. The minimum atomic E-state index is -3.74. The first-order valence-corrected chi connectivity index (χ1v) is 9.64. The number of aryl methyl sites for hydroxylation is 1. The second-order valence-electron chi connectivity index (χ2n) is 6.02. The number of benzene rings is 1. The molecule has 132 valence electrons. The number of aliphatic hydroxyl groups excluding tert-OH is 1. The Hall–Kier alpha value is -2.22. The summed E-state index contributed by atoms with van der Waals surface area (Å²) in [6.07, 6.45) is 1.72. The highest BCUT2D eigenvalue weighted by molar-refractivity contribution is 7.89. The Balaban J connectivity index is 1.92. The van der Waals surface area contributed by atoms with Crippen molar-refractivity contribution < 1.29 is 13.5 Å². The molecule has 0 bridgehead atoms. The number of sulfonamides is 1. The van der Waals surface area contributed by atoms with Gasteiger partial charge in [-0.3, -0.25) is 0 Å². The number of aliphatic hydroxyl groups is 1. The van der Waals surface area contributed by atoms with Crippen LogP contribution < -0.4 is 4.72 Å². The monoisotopic (exact) mass is 359 g/mol. The normalized spacial score (nSPS) is 13.2. The van der Waals surface area contributed by atoms with E-state index in [0.717, 1.165) is 27.9 Å². The second-order valence-corrected chi connectivity index (χ2v) is 7.74. The van der Waals surface area contributed by atoms with Crippen LogP contribution in [-0.2, 0) is 10.0 Å². The summed E-state index contributed by atoms with van der Waals surface area (Å²) < 4.78 is 26.9. The summed E-state index contributed by atoms with van der Waals surface area (Å²) in [6.45, 7) is 3.85. The number of aromatic nitrogens is 2. The largest absolute Gasteiger partial charge is 0.378 e. The minimum Gasteiger partial charge on any atom is -0.378 e. The van der Waals surface area contributed by atoms with E-state index in [1.54, 1.807) is 30.5 Å². The lowest BCUT2D eigenvalue weighted by molar-refractivity contribution is 0.152. The maximum absolute atomic E-state index is 12.3. The predicted molar refractivity (Wildman–Crippen MR) is 97.5 cm³/mol.